The van der Waals surface area contributed by atoms with Gasteiger partial charge in [-0.05, 0) is 48.3 Å². The molecule has 0 aromatic heterocycles. The highest BCUT2D eigenvalue weighted by molar-refractivity contribution is 6.03. The average Bonchev–Trinajstić information content (AvgIpc) is 3.28. The molecule has 3 aliphatic rings. The van der Waals surface area contributed by atoms with Crippen LogP contribution in [0.1, 0.15) is 72.0 Å². The maximum absolute atomic E-state index is 13.6. The van der Waals surface area contributed by atoms with Crippen molar-refractivity contribution < 1.29 is 38.4 Å². The number of ketones is 1. The Hall–Kier alpha value is -2.71. The average molecular weight is 543 g/mol. The summed E-state index contributed by atoms with van der Waals surface area (Å²) in [5.74, 6) is -2.39. The molecule has 1 N–H and O–H groups in total. The van der Waals surface area contributed by atoms with E-state index >= 15 is 0 Å². The first kappa shape index (κ1) is 29.3. The third-order valence-electron chi connectivity index (χ3n) is 8.88. The van der Waals surface area contributed by atoms with Gasteiger partial charge < -0.3 is 24.1 Å². The van der Waals surface area contributed by atoms with E-state index in [1.165, 1.54) is 0 Å². The second-order valence-electron chi connectivity index (χ2n) is 12.2. The fourth-order valence-corrected chi connectivity index (χ4v) is 6.69. The van der Waals surface area contributed by atoms with Crippen molar-refractivity contribution in [1.82, 2.24) is 0 Å². The number of carbonyl (C=O) groups excluding carboxylic acids is 3. The first-order chi connectivity index (χ1) is 18.4. The van der Waals surface area contributed by atoms with Gasteiger partial charge in [0.25, 0.3) is 0 Å². The Bertz CT molecular complexity index is 1110. The number of phenols is 1. The Kier molecular flexibility index (Phi) is 8.57. The predicted octanol–water partition coefficient (Wildman–Crippen LogP) is 4.94. The van der Waals surface area contributed by atoms with E-state index in [4.69, 9.17) is 18.9 Å². The molecule has 0 bridgehead atoms. The Balaban J connectivity index is 1.57. The van der Waals surface area contributed by atoms with E-state index < -0.39 is 35.0 Å². The number of phenolic OH excluding ortho intramolecular Hbond substituents is 1. The van der Waals surface area contributed by atoms with Crippen molar-refractivity contribution in [3.05, 3.63) is 42.0 Å². The van der Waals surface area contributed by atoms with Crippen LogP contribution < -0.4 is 0 Å². The van der Waals surface area contributed by atoms with Gasteiger partial charge in [-0.25, -0.2) is 0 Å². The van der Waals surface area contributed by atoms with Gasteiger partial charge in [-0.3, -0.25) is 14.4 Å². The molecule has 4 rings (SSSR count). The molecule has 214 valence electrons. The zero-order valence-corrected chi connectivity index (χ0v) is 23.8. The van der Waals surface area contributed by atoms with Crippen molar-refractivity contribution in [2.45, 2.75) is 84.2 Å². The van der Waals surface area contributed by atoms with Crippen LogP contribution in [0.25, 0.3) is 0 Å². The maximum atomic E-state index is 13.6. The number of methoxy groups -OCH3 is 1. The molecular formula is C31H42O8. The van der Waals surface area contributed by atoms with E-state index in [1.807, 2.05) is 32.9 Å². The minimum Gasteiger partial charge on any atom is -0.508 e. The van der Waals surface area contributed by atoms with Crippen LogP contribution in [0.3, 0.4) is 0 Å². The topological polar surface area (TPSA) is 108 Å². The summed E-state index contributed by atoms with van der Waals surface area (Å²) >= 11 is 0. The van der Waals surface area contributed by atoms with E-state index in [2.05, 4.69) is 19.9 Å². The molecule has 0 radical (unpaired) electrons. The smallest absolute Gasteiger partial charge is 0.320 e. The van der Waals surface area contributed by atoms with E-state index in [0.717, 1.165) is 12.0 Å². The van der Waals surface area contributed by atoms with Crippen LogP contribution in [0.5, 0.6) is 5.75 Å². The molecule has 8 nitrogen and oxygen atoms in total. The molecule has 1 spiro atoms. The van der Waals surface area contributed by atoms with Gasteiger partial charge in [-0.1, -0.05) is 58.9 Å². The maximum Gasteiger partial charge on any atom is 0.320 e. The second-order valence-corrected chi connectivity index (χ2v) is 12.2. The van der Waals surface area contributed by atoms with Crippen molar-refractivity contribution in [2.24, 2.45) is 29.1 Å². The van der Waals surface area contributed by atoms with Crippen LogP contribution in [0.4, 0.5) is 0 Å². The van der Waals surface area contributed by atoms with Gasteiger partial charge in [0.15, 0.2) is 5.78 Å². The first-order valence-electron chi connectivity index (χ1n) is 14.0. The fraction of sp³-hybridized carbons (Fsp3) is 0.645. The Morgan fingerprint density at radius 3 is 2.59 bits per heavy atom. The Morgan fingerprint density at radius 2 is 1.95 bits per heavy atom. The van der Waals surface area contributed by atoms with Crippen LogP contribution in [0.15, 0.2) is 36.4 Å². The van der Waals surface area contributed by atoms with Crippen molar-refractivity contribution in [3.8, 4) is 5.75 Å². The minimum absolute atomic E-state index is 0.00464. The van der Waals surface area contributed by atoms with E-state index in [-0.39, 0.29) is 54.5 Å². The molecule has 2 heterocycles. The van der Waals surface area contributed by atoms with Gasteiger partial charge in [-0.2, -0.15) is 0 Å². The van der Waals surface area contributed by atoms with Crippen molar-refractivity contribution in [3.63, 3.8) is 0 Å². The summed E-state index contributed by atoms with van der Waals surface area (Å²) < 4.78 is 23.3. The van der Waals surface area contributed by atoms with Crippen LogP contribution in [0, 0.1) is 29.1 Å². The van der Waals surface area contributed by atoms with Crippen molar-refractivity contribution in [2.75, 3.05) is 13.7 Å². The van der Waals surface area contributed by atoms with Gasteiger partial charge in [0.1, 0.15) is 30.0 Å². The number of esters is 2. The van der Waals surface area contributed by atoms with Crippen molar-refractivity contribution >= 4 is 17.7 Å². The lowest BCUT2D eigenvalue weighted by Gasteiger charge is -2.56. The molecule has 8 heteroatoms. The summed E-state index contributed by atoms with van der Waals surface area (Å²) in [4.78, 5) is 38.8. The third kappa shape index (κ3) is 5.78. The van der Waals surface area contributed by atoms with Gasteiger partial charge in [0, 0.05) is 18.9 Å². The molecule has 2 fully saturated rings. The van der Waals surface area contributed by atoms with Crippen LogP contribution in [0.2, 0.25) is 0 Å². The molecule has 1 aliphatic carbocycles. The summed E-state index contributed by atoms with van der Waals surface area (Å²) in [6.07, 6.45) is 4.91. The van der Waals surface area contributed by atoms with E-state index in [0.29, 0.717) is 12.8 Å². The van der Waals surface area contributed by atoms with Crippen LogP contribution in [-0.2, 0) is 33.3 Å². The van der Waals surface area contributed by atoms with Crippen molar-refractivity contribution in [1.29, 1.82) is 0 Å². The van der Waals surface area contributed by atoms with Gasteiger partial charge in [-0.15, -0.1) is 0 Å². The monoisotopic (exact) mass is 542 g/mol. The summed E-state index contributed by atoms with van der Waals surface area (Å²) in [7, 11) is 1.66. The number of Topliss-reactive ketones (excluding diaryl/α,β-unsaturated/α-hetero) is 1. The normalized spacial score (nSPS) is 33.5. The molecule has 1 unspecified atom stereocenters. The van der Waals surface area contributed by atoms with E-state index in [9.17, 15) is 19.5 Å². The summed E-state index contributed by atoms with van der Waals surface area (Å²) in [5.41, 5.74) is -0.796. The Morgan fingerprint density at radius 1 is 1.21 bits per heavy atom. The zero-order valence-electron chi connectivity index (χ0n) is 23.8. The standard InChI is InChI=1S/C31H42O8/c1-18(10-11-24(36-6)21-8-7-9-22(32)14-21)28-19(2)12-13-31(39-28)26(27(34)20(3)16-30(31,4)5)29(35)38-23-15-25(33)37-17-23/h7-9,12-14,18-20,23-24,26,28,32H,10-11,15-17H2,1-6H3/t18-,19-,20+,23+,24?,26-,28+,31-/m0/s1. The molecule has 2 aliphatic heterocycles. The molecule has 39 heavy (non-hydrogen) atoms. The number of rotatable bonds is 8. The van der Waals surface area contributed by atoms with Gasteiger partial charge in [0.2, 0.25) is 0 Å². The fourth-order valence-electron chi connectivity index (χ4n) is 6.69. The lowest BCUT2D eigenvalue weighted by molar-refractivity contribution is -0.217. The predicted molar refractivity (Wildman–Crippen MR) is 144 cm³/mol. The highest BCUT2D eigenvalue weighted by Crippen LogP contribution is 2.54. The zero-order chi connectivity index (χ0) is 28.5. The third-order valence-corrected chi connectivity index (χ3v) is 8.88. The number of benzene rings is 1. The van der Waals surface area contributed by atoms with Crippen LogP contribution in [-0.4, -0.2) is 54.4 Å². The molecule has 0 amide bonds. The van der Waals surface area contributed by atoms with Gasteiger partial charge in [0.05, 0.1) is 18.6 Å². The lowest BCUT2D eigenvalue weighted by Crippen LogP contribution is -2.65. The highest BCUT2D eigenvalue weighted by atomic mass is 16.6. The molecule has 1 saturated carbocycles. The van der Waals surface area contributed by atoms with E-state index in [1.54, 1.807) is 25.3 Å². The SMILES string of the molecule is COC(CC[C@H](C)[C@H]1O[C@@]2(C=C[C@@H]1C)[C@H](C(=O)O[C@H]1COC(=O)C1)C(=O)[C@H](C)CC2(C)C)c1cccc(O)c1. The number of aromatic hydroxyl groups is 1. The molecular weight excluding hydrogens is 500 g/mol. The highest BCUT2D eigenvalue weighted by Gasteiger charge is 2.63. The van der Waals surface area contributed by atoms with Crippen LogP contribution >= 0.6 is 0 Å². The molecule has 1 aromatic rings. The quantitative estimate of drug-likeness (QED) is 0.280. The lowest BCUT2D eigenvalue weighted by atomic mass is 9.55. The number of carbonyl (C=O) groups is 3. The Labute approximate surface area is 231 Å². The number of ether oxygens (including phenoxy) is 4. The summed E-state index contributed by atoms with van der Waals surface area (Å²) in [5, 5.41) is 9.90. The number of hydrogen-bond acceptors (Lipinski definition) is 8. The second kappa shape index (κ2) is 11.4. The number of cyclic esters (lactones) is 1. The molecule has 1 saturated heterocycles. The summed E-state index contributed by atoms with van der Waals surface area (Å²) in [6.45, 7) is 10.2. The summed E-state index contributed by atoms with van der Waals surface area (Å²) in [6, 6.07) is 7.09. The van der Waals surface area contributed by atoms with Gasteiger partial charge >= 0.3 is 11.9 Å². The number of hydrogen-bond donors (Lipinski definition) is 1. The molecule has 1 aromatic carbocycles. The minimum atomic E-state index is -1.17. The largest absolute Gasteiger partial charge is 0.508 e. The first-order valence-corrected chi connectivity index (χ1v) is 14.0. The molecule has 8 atom stereocenters.